The lowest BCUT2D eigenvalue weighted by atomic mass is 10.1. The largest absolute Gasteiger partial charge is 0.378 e. The van der Waals surface area contributed by atoms with Crippen molar-refractivity contribution in [3.63, 3.8) is 0 Å². The number of anilines is 1. The quantitative estimate of drug-likeness (QED) is 0.772. The number of aromatic nitrogens is 1. The summed E-state index contributed by atoms with van der Waals surface area (Å²) in [7, 11) is 1.59. The zero-order chi connectivity index (χ0) is 18.5. The summed E-state index contributed by atoms with van der Waals surface area (Å²) in [5, 5.41) is 5.40. The first-order valence-electron chi connectivity index (χ1n) is 8.44. The van der Waals surface area contributed by atoms with Gasteiger partial charge in [0.1, 0.15) is 10.7 Å². The molecule has 1 aliphatic rings. The molecular formula is C18H22N4O3S. The van der Waals surface area contributed by atoms with Gasteiger partial charge in [0, 0.05) is 24.7 Å². The minimum atomic E-state index is -0.294. The summed E-state index contributed by atoms with van der Waals surface area (Å²) in [6.07, 6.45) is 1.73. The summed E-state index contributed by atoms with van der Waals surface area (Å²) < 4.78 is 5.03. The van der Waals surface area contributed by atoms with Gasteiger partial charge in [-0.2, -0.15) is 0 Å². The number of ether oxygens (including phenoxy) is 1. The Balaban J connectivity index is 1.72. The molecule has 1 aromatic carbocycles. The molecular weight excluding hydrogens is 352 g/mol. The van der Waals surface area contributed by atoms with Crippen molar-refractivity contribution in [2.24, 2.45) is 5.73 Å². The minimum Gasteiger partial charge on any atom is -0.378 e. The Morgan fingerprint density at radius 2 is 2.23 bits per heavy atom. The number of hydrogen-bond donors (Lipinski definition) is 2. The zero-order valence-corrected chi connectivity index (χ0v) is 15.4. The van der Waals surface area contributed by atoms with Gasteiger partial charge in [-0.15, -0.1) is 11.3 Å². The molecule has 1 atom stereocenters. The van der Waals surface area contributed by atoms with Gasteiger partial charge < -0.3 is 15.8 Å². The summed E-state index contributed by atoms with van der Waals surface area (Å²) >= 11 is 1.39. The fourth-order valence-corrected chi connectivity index (χ4v) is 3.87. The molecule has 7 nitrogen and oxygen atoms in total. The van der Waals surface area contributed by atoms with Gasteiger partial charge in [0.25, 0.3) is 5.91 Å². The van der Waals surface area contributed by atoms with Gasteiger partial charge in [-0.25, -0.2) is 4.98 Å². The molecule has 0 radical (unpaired) electrons. The first-order chi connectivity index (χ1) is 12.6. The second-order valence-electron chi connectivity index (χ2n) is 6.20. The molecule has 0 saturated carbocycles. The molecule has 26 heavy (non-hydrogen) atoms. The maximum atomic E-state index is 12.5. The van der Waals surface area contributed by atoms with E-state index < -0.39 is 0 Å². The number of nitrogens with zero attached hydrogens (tertiary/aromatic N) is 2. The van der Waals surface area contributed by atoms with Crippen LogP contribution >= 0.6 is 11.3 Å². The maximum Gasteiger partial charge on any atom is 0.275 e. The van der Waals surface area contributed by atoms with Crippen LogP contribution in [0.3, 0.4) is 0 Å². The molecule has 1 saturated heterocycles. The normalized spacial score (nSPS) is 17.3. The fraction of sp³-hybridized carbons (Fsp3) is 0.389. The van der Waals surface area contributed by atoms with E-state index in [-0.39, 0.29) is 17.9 Å². The van der Waals surface area contributed by atoms with Crippen LogP contribution in [0.25, 0.3) is 0 Å². The molecule has 3 N–H and O–H groups in total. The van der Waals surface area contributed by atoms with Crippen molar-refractivity contribution in [3.05, 3.63) is 45.9 Å². The number of para-hydroxylation sites is 1. The number of likely N-dealkylation sites (tertiary alicyclic amines) is 1. The van der Waals surface area contributed by atoms with E-state index in [2.05, 4.69) is 15.2 Å². The van der Waals surface area contributed by atoms with Gasteiger partial charge in [0.15, 0.2) is 0 Å². The molecule has 0 aliphatic carbocycles. The van der Waals surface area contributed by atoms with Gasteiger partial charge >= 0.3 is 0 Å². The number of carbonyl (C=O) groups is 2. The number of thiazole rings is 1. The molecule has 1 unspecified atom stereocenters. The van der Waals surface area contributed by atoms with Crippen molar-refractivity contribution < 1.29 is 14.3 Å². The zero-order valence-electron chi connectivity index (χ0n) is 14.6. The highest BCUT2D eigenvalue weighted by Crippen LogP contribution is 2.24. The summed E-state index contributed by atoms with van der Waals surface area (Å²) in [6, 6.07) is 7.34. The van der Waals surface area contributed by atoms with Gasteiger partial charge in [-0.05, 0) is 31.0 Å². The molecule has 138 valence electrons. The summed E-state index contributed by atoms with van der Waals surface area (Å²) in [6.45, 7) is 1.77. The average Bonchev–Trinajstić information content (AvgIpc) is 3.26. The van der Waals surface area contributed by atoms with E-state index in [0.717, 1.165) is 30.0 Å². The first kappa shape index (κ1) is 18.5. The molecule has 0 spiro atoms. The Bertz CT molecular complexity index is 792. The molecule has 0 bridgehead atoms. The predicted molar refractivity (Wildman–Crippen MR) is 99.8 cm³/mol. The fourth-order valence-electron chi connectivity index (χ4n) is 3.13. The van der Waals surface area contributed by atoms with Crippen molar-refractivity contribution in [2.75, 3.05) is 19.0 Å². The lowest BCUT2D eigenvalue weighted by Gasteiger charge is -2.23. The van der Waals surface area contributed by atoms with Crippen molar-refractivity contribution in [1.29, 1.82) is 0 Å². The van der Waals surface area contributed by atoms with Crippen molar-refractivity contribution >= 4 is 28.8 Å². The number of primary amides is 1. The third-order valence-electron chi connectivity index (χ3n) is 4.38. The van der Waals surface area contributed by atoms with Crippen LogP contribution in [-0.4, -0.2) is 41.4 Å². The molecule has 8 heteroatoms. The van der Waals surface area contributed by atoms with E-state index >= 15 is 0 Å². The third kappa shape index (κ3) is 4.27. The highest BCUT2D eigenvalue weighted by atomic mass is 32.1. The lowest BCUT2D eigenvalue weighted by Crippen LogP contribution is -2.39. The highest BCUT2D eigenvalue weighted by Gasteiger charge is 2.29. The Kier molecular flexibility index (Phi) is 5.97. The molecule has 1 aromatic heterocycles. The third-order valence-corrected chi connectivity index (χ3v) is 5.21. The van der Waals surface area contributed by atoms with Gasteiger partial charge in [-0.1, -0.05) is 18.2 Å². The van der Waals surface area contributed by atoms with Gasteiger partial charge in [0.2, 0.25) is 5.91 Å². The number of nitrogens with one attached hydrogen (secondary N) is 1. The van der Waals surface area contributed by atoms with Crippen molar-refractivity contribution in [3.8, 4) is 0 Å². The molecule has 2 aromatic rings. The second kappa shape index (κ2) is 8.39. The SMILES string of the molecule is COCc1nc(C(=O)Nc2ccccc2CN2CCCC2C(N)=O)cs1. The Morgan fingerprint density at radius 1 is 1.42 bits per heavy atom. The molecule has 2 heterocycles. The lowest BCUT2D eigenvalue weighted by molar-refractivity contribution is -0.122. The number of benzene rings is 1. The van der Waals surface area contributed by atoms with E-state index in [9.17, 15) is 9.59 Å². The summed E-state index contributed by atoms with van der Waals surface area (Å²) in [5.74, 6) is -0.555. The first-order valence-corrected chi connectivity index (χ1v) is 9.32. The van der Waals surface area contributed by atoms with E-state index in [0.29, 0.717) is 24.5 Å². The number of hydrogen-bond acceptors (Lipinski definition) is 6. The molecule has 1 aliphatic heterocycles. The van der Waals surface area contributed by atoms with Crippen LogP contribution in [0.4, 0.5) is 5.69 Å². The predicted octanol–water partition coefficient (Wildman–Crippen LogP) is 1.99. The Labute approximate surface area is 156 Å². The van der Waals surface area contributed by atoms with E-state index in [1.807, 2.05) is 24.3 Å². The smallest absolute Gasteiger partial charge is 0.275 e. The summed E-state index contributed by atoms with van der Waals surface area (Å²) in [5.41, 5.74) is 7.53. The van der Waals surface area contributed by atoms with Crippen LogP contribution in [0.5, 0.6) is 0 Å². The van der Waals surface area contributed by atoms with E-state index in [1.54, 1.807) is 12.5 Å². The Hall–Kier alpha value is -2.29. The van der Waals surface area contributed by atoms with Crippen LogP contribution in [0.1, 0.15) is 33.9 Å². The van der Waals surface area contributed by atoms with Gasteiger partial charge in [0.05, 0.1) is 12.6 Å². The number of rotatable bonds is 7. The van der Waals surface area contributed by atoms with E-state index in [4.69, 9.17) is 10.5 Å². The van der Waals surface area contributed by atoms with Crippen molar-refractivity contribution in [1.82, 2.24) is 9.88 Å². The average molecular weight is 374 g/mol. The van der Waals surface area contributed by atoms with Gasteiger partial charge in [-0.3, -0.25) is 14.5 Å². The second-order valence-corrected chi connectivity index (χ2v) is 7.14. The van der Waals surface area contributed by atoms with Crippen LogP contribution in [0, 0.1) is 0 Å². The number of nitrogens with two attached hydrogens (primary N) is 1. The van der Waals surface area contributed by atoms with Crippen LogP contribution in [0.15, 0.2) is 29.6 Å². The standard InChI is InChI=1S/C18H22N4O3S/c1-25-10-16-20-14(11-26-16)18(24)21-13-6-3-2-5-12(13)9-22-8-4-7-15(22)17(19)23/h2-3,5-6,11,15H,4,7-10H2,1H3,(H2,19,23)(H,21,24). The topological polar surface area (TPSA) is 97.6 Å². The monoisotopic (exact) mass is 374 g/mol. The van der Waals surface area contributed by atoms with E-state index in [1.165, 1.54) is 11.3 Å². The molecule has 1 fully saturated rings. The Morgan fingerprint density at radius 3 is 3.00 bits per heavy atom. The number of amides is 2. The summed E-state index contributed by atoms with van der Waals surface area (Å²) in [4.78, 5) is 30.4. The molecule has 3 rings (SSSR count). The van der Waals surface area contributed by atoms with Crippen LogP contribution in [-0.2, 0) is 22.7 Å². The van der Waals surface area contributed by atoms with Crippen molar-refractivity contribution in [2.45, 2.75) is 32.0 Å². The van der Waals surface area contributed by atoms with Crippen LogP contribution in [0.2, 0.25) is 0 Å². The maximum absolute atomic E-state index is 12.5. The highest BCUT2D eigenvalue weighted by molar-refractivity contribution is 7.09. The molecule has 2 amide bonds. The van der Waals surface area contributed by atoms with Crippen LogP contribution < -0.4 is 11.1 Å². The minimum absolute atomic E-state index is 0.242. The number of methoxy groups -OCH3 is 1. The number of carbonyl (C=O) groups excluding carboxylic acids is 2.